The predicted molar refractivity (Wildman–Crippen MR) is 60.7 cm³/mol. The second-order valence-corrected chi connectivity index (χ2v) is 4.30. The van der Waals surface area contributed by atoms with E-state index in [1.807, 2.05) is 0 Å². The number of pyridine rings is 1. The molecule has 0 spiro atoms. The highest BCUT2D eigenvalue weighted by Gasteiger charge is 2.26. The number of nitrogens with two attached hydrogens (primary N) is 1. The van der Waals surface area contributed by atoms with Crippen LogP contribution in [-0.4, -0.2) is 17.4 Å². The van der Waals surface area contributed by atoms with Gasteiger partial charge in [0.1, 0.15) is 0 Å². The van der Waals surface area contributed by atoms with Gasteiger partial charge in [0.2, 0.25) is 5.91 Å². The van der Waals surface area contributed by atoms with E-state index in [0.717, 1.165) is 0 Å². The minimum atomic E-state index is -0.612. The lowest BCUT2D eigenvalue weighted by Crippen LogP contribution is -2.37. The van der Waals surface area contributed by atoms with Crippen molar-refractivity contribution in [1.82, 2.24) is 4.98 Å². The molecule has 0 radical (unpaired) electrons. The molecule has 4 nitrogen and oxygen atoms in total. The van der Waals surface area contributed by atoms with Crippen molar-refractivity contribution in [1.29, 1.82) is 0 Å². The first kappa shape index (κ1) is 11.9. The number of aromatic nitrogens is 1. The molecule has 0 aromatic carbocycles. The molecule has 82 valence electrons. The average Bonchev–Trinajstić information content (AvgIpc) is 2.21. The van der Waals surface area contributed by atoms with Gasteiger partial charge < -0.3 is 11.1 Å². The van der Waals surface area contributed by atoms with Gasteiger partial charge in [-0.15, -0.1) is 0 Å². The quantitative estimate of drug-likeness (QED) is 0.825. The van der Waals surface area contributed by atoms with Crippen LogP contribution in [0.4, 0.5) is 5.69 Å². The van der Waals surface area contributed by atoms with Crippen molar-refractivity contribution in [2.45, 2.75) is 13.8 Å². The lowest BCUT2D eigenvalue weighted by atomic mass is 9.92. The molecule has 5 heteroatoms. The van der Waals surface area contributed by atoms with Gasteiger partial charge in [0, 0.05) is 12.7 Å². The van der Waals surface area contributed by atoms with Gasteiger partial charge in [0.25, 0.3) is 0 Å². The summed E-state index contributed by atoms with van der Waals surface area (Å²) in [6.07, 6.45) is 3.07. The lowest BCUT2D eigenvalue weighted by molar-refractivity contribution is -0.123. The van der Waals surface area contributed by atoms with Crippen LogP contribution in [0.2, 0.25) is 5.02 Å². The number of hydrogen-bond acceptors (Lipinski definition) is 3. The number of carbonyl (C=O) groups is 1. The second-order valence-electron chi connectivity index (χ2n) is 3.90. The molecule has 0 unspecified atom stereocenters. The summed E-state index contributed by atoms with van der Waals surface area (Å²) in [6, 6.07) is 1.62. The molecule has 1 rings (SSSR count). The van der Waals surface area contributed by atoms with Gasteiger partial charge in [-0.25, -0.2) is 0 Å². The van der Waals surface area contributed by atoms with Crippen LogP contribution in [0, 0.1) is 5.41 Å². The summed E-state index contributed by atoms with van der Waals surface area (Å²) in [5.41, 5.74) is 5.38. The number of rotatable bonds is 3. The van der Waals surface area contributed by atoms with Crippen molar-refractivity contribution < 1.29 is 4.79 Å². The zero-order valence-electron chi connectivity index (χ0n) is 8.75. The van der Waals surface area contributed by atoms with Crippen molar-refractivity contribution in [3.05, 3.63) is 23.5 Å². The molecule has 1 aromatic heterocycles. The van der Waals surface area contributed by atoms with Gasteiger partial charge in [-0.3, -0.25) is 9.78 Å². The van der Waals surface area contributed by atoms with E-state index in [0.29, 0.717) is 10.7 Å². The molecule has 1 heterocycles. The summed E-state index contributed by atoms with van der Waals surface area (Å²) in [7, 11) is 0. The molecule has 0 bridgehead atoms. The maximum absolute atomic E-state index is 11.7. The van der Waals surface area contributed by atoms with E-state index in [-0.39, 0.29) is 12.5 Å². The normalized spacial score (nSPS) is 11.2. The van der Waals surface area contributed by atoms with Crippen LogP contribution in [0.25, 0.3) is 0 Å². The van der Waals surface area contributed by atoms with Crippen molar-refractivity contribution >= 4 is 23.2 Å². The highest BCUT2D eigenvalue weighted by Crippen LogP contribution is 2.22. The summed E-state index contributed by atoms with van der Waals surface area (Å²) in [6.45, 7) is 3.82. The molecular weight excluding hydrogens is 214 g/mol. The fourth-order valence-corrected chi connectivity index (χ4v) is 1.01. The topological polar surface area (TPSA) is 68.0 Å². The third kappa shape index (κ3) is 2.91. The first-order valence-corrected chi connectivity index (χ1v) is 4.96. The zero-order valence-corrected chi connectivity index (χ0v) is 9.51. The van der Waals surface area contributed by atoms with E-state index < -0.39 is 5.41 Å². The van der Waals surface area contributed by atoms with Crippen LogP contribution >= 0.6 is 11.6 Å². The SMILES string of the molecule is CC(C)(CN)C(=O)Nc1cnccc1Cl. The van der Waals surface area contributed by atoms with Crippen LogP contribution < -0.4 is 11.1 Å². The fraction of sp³-hybridized carbons (Fsp3) is 0.400. The van der Waals surface area contributed by atoms with Crippen molar-refractivity contribution in [2.24, 2.45) is 11.1 Å². The van der Waals surface area contributed by atoms with E-state index in [2.05, 4.69) is 10.3 Å². The molecule has 3 N–H and O–H groups in total. The van der Waals surface area contributed by atoms with Gasteiger partial charge >= 0.3 is 0 Å². The van der Waals surface area contributed by atoms with Gasteiger partial charge in [0.15, 0.2) is 0 Å². The molecule has 0 aliphatic carbocycles. The van der Waals surface area contributed by atoms with E-state index >= 15 is 0 Å². The van der Waals surface area contributed by atoms with Gasteiger partial charge in [-0.05, 0) is 19.9 Å². The van der Waals surface area contributed by atoms with Crippen LogP contribution in [0.15, 0.2) is 18.5 Å². The van der Waals surface area contributed by atoms with Crippen LogP contribution in [-0.2, 0) is 4.79 Å². The molecule has 1 amide bonds. The molecule has 1 aromatic rings. The Labute approximate surface area is 93.8 Å². The summed E-state index contributed by atoms with van der Waals surface area (Å²) in [4.78, 5) is 15.6. The fourth-order valence-electron chi connectivity index (χ4n) is 0.854. The van der Waals surface area contributed by atoms with E-state index in [9.17, 15) is 4.79 Å². The molecule has 0 saturated heterocycles. The standard InChI is InChI=1S/C10H14ClN3O/c1-10(2,6-12)9(15)14-8-5-13-4-3-7(8)11/h3-5H,6,12H2,1-2H3,(H,14,15). The Bertz CT molecular complexity index is 365. The van der Waals surface area contributed by atoms with Crippen LogP contribution in [0.3, 0.4) is 0 Å². The second kappa shape index (κ2) is 4.59. The summed E-state index contributed by atoms with van der Waals surface area (Å²) < 4.78 is 0. The van der Waals surface area contributed by atoms with E-state index in [4.69, 9.17) is 17.3 Å². The van der Waals surface area contributed by atoms with Gasteiger partial charge in [-0.1, -0.05) is 11.6 Å². The highest BCUT2D eigenvalue weighted by atomic mass is 35.5. The third-order valence-corrected chi connectivity index (χ3v) is 2.47. The smallest absolute Gasteiger partial charge is 0.231 e. The van der Waals surface area contributed by atoms with Crippen LogP contribution in [0.1, 0.15) is 13.8 Å². The summed E-state index contributed by atoms with van der Waals surface area (Å²) >= 11 is 5.88. The predicted octanol–water partition coefficient (Wildman–Crippen LogP) is 1.66. The Kier molecular flexibility index (Phi) is 3.66. The Hall–Kier alpha value is -1.13. The largest absolute Gasteiger partial charge is 0.329 e. The first-order chi connectivity index (χ1) is 6.97. The van der Waals surface area contributed by atoms with Gasteiger partial charge in [-0.2, -0.15) is 0 Å². The van der Waals surface area contributed by atoms with E-state index in [1.54, 1.807) is 26.1 Å². The number of anilines is 1. The lowest BCUT2D eigenvalue weighted by Gasteiger charge is -2.21. The number of carbonyl (C=O) groups excluding carboxylic acids is 1. The first-order valence-electron chi connectivity index (χ1n) is 4.58. The number of nitrogens with one attached hydrogen (secondary N) is 1. The Morgan fingerprint density at radius 2 is 2.33 bits per heavy atom. The number of hydrogen-bond donors (Lipinski definition) is 2. The minimum absolute atomic E-state index is 0.167. The Morgan fingerprint density at radius 3 is 2.87 bits per heavy atom. The maximum atomic E-state index is 11.7. The Balaban J connectivity index is 2.80. The van der Waals surface area contributed by atoms with Crippen LogP contribution in [0.5, 0.6) is 0 Å². The maximum Gasteiger partial charge on any atom is 0.231 e. The number of nitrogens with zero attached hydrogens (tertiary/aromatic N) is 1. The van der Waals surface area contributed by atoms with Crippen molar-refractivity contribution in [3.8, 4) is 0 Å². The summed E-state index contributed by atoms with van der Waals surface area (Å²) in [5, 5.41) is 3.15. The number of amides is 1. The molecule has 0 aliphatic rings. The molecule has 15 heavy (non-hydrogen) atoms. The van der Waals surface area contributed by atoms with Crippen molar-refractivity contribution in [2.75, 3.05) is 11.9 Å². The molecule has 0 atom stereocenters. The third-order valence-electron chi connectivity index (χ3n) is 2.14. The molecule has 0 fully saturated rings. The Morgan fingerprint density at radius 1 is 1.67 bits per heavy atom. The van der Waals surface area contributed by atoms with Gasteiger partial charge in [0.05, 0.1) is 22.3 Å². The molecular formula is C10H14ClN3O. The molecule has 0 aliphatic heterocycles. The number of halogens is 1. The zero-order chi connectivity index (χ0) is 11.5. The average molecular weight is 228 g/mol. The minimum Gasteiger partial charge on any atom is -0.329 e. The van der Waals surface area contributed by atoms with E-state index in [1.165, 1.54) is 6.20 Å². The summed E-state index contributed by atoms with van der Waals surface area (Å²) in [5.74, 6) is -0.167. The van der Waals surface area contributed by atoms with Crippen molar-refractivity contribution in [3.63, 3.8) is 0 Å². The molecule has 0 saturated carbocycles. The highest BCUT2D eigenvalue weighted by molar-refractivity contribution is 6.33. The monoisotopic (exact) mass is 227 g/mol.